The Hall–Kier alpha value is -2.29. The molecule has 0 aliphatic rings. The largest absolute Gasteiger partial charge is 0.494 e. The van der Waals surface area contributed by atoms with Gasteiger partial charge in [-0.25, -0.2) is 0 Å². The molecule has 3 heteroatoms. The van der Waals surface area contributed by atoms with Crippen molar-refractivity contribution in [2.24, 2.45) is 0 Å². The average molecular weight is 286 g/mol. The predicted molar refractivity (Wildman–Crippen MR) is 85.2 cm³/mol. The molecule has 0 aliphatic carbocycles. The maximum atomic E-state index is 10.6. The van der Waals surface area contributed by atoms with E-state index in [0.717, 1.165) is 17.1 Å². The summed E-state index contributed by atoms with van der Waals surface area (Å²) in [5.41, 5.74) is 0.775. The van der Waals surface area contributed by atoms with Crippen LogP contribution in [0.4, 0.5) is 0 Å². The molecule has 0 heterocycles. The topological polar surface area (TPSA) is 35.5 Å². The molecular formula is C18H22O3. The molecule has 0 saturated carbocycles. The first-order valence-electron chi connectivity index (χ1n) is 7.09. The number of Topliss-reactive ketones (excluding diaryl/α,β-unsaturated/α-hetero) is 1. The summed E-state index contributed by atoms with van der Waals surface area (Å²) in [6.45, 7) is 6.91. The number of carbonyl (C=O) groups is 1. The van der Waals surface area contributed by atoms with Crippen molar-refractivity contribution in [2.75, 3.05) is 13.2 Å². The summed E-state index contributed by atoms with van der Waals surface area (Å²) >= 11 is 0. The lowest BCUT2D eigenvalue weighted by molar-refractivity contribution is 0.101. The molecule has 0 saturated heterocycles. The van der Waals surface area contributed by atoms with Crippen molar-refractivity contribution in [1.29, 1.82) is 0 Å². The molecule has 2 aromatic rings. The second kappa shape index (κ2) is 9.59. The minimum absolute atomic E-state index is 0.121. The number of benzene rings is 2. The lowest BCUT2D eigenvalue weighted by atomic mass is 10.2. The maximum Gasteiger partial charge on any atom is 0.159 e. The quantitative estimate of drug-likeness (QED) is 0.765. The van der Waals surface area contributed by atoms with Gasteiger partial charge in [-0.15, -0.1) is 0 Å². The van der Waals surface area contributed by atoms with Gasteiger partial charge in [0.25, 0.3) is 0 Å². The molecule has 0 aromatic heterocycles. The summed E-state index contributed by atoms with van der Waals surface area (Å²) in [5, 5.41) is 0. The number of carbonyl (C=O) groups excluding carboxylic acids is 1. The molecule has 2 aromatic carbocycles. The van der Waals surface area contributed by atoms with Crippen molar-refractivity contribution in [3.05, 3.63) is 60.2 Å². The number of ketones is 1. The van der Waals surface area contributed by atoms with Gasteiger partial charge in [-0.3, -0.25) is 4.79 Å². The van der Waals surface area contributed by atoms with Crippen molar-refractivity contribution in [1.82, 2.24) is 0 Å². The number of ether oxygens (including phenoxy) is 2. The van der Waals surface area contributed by atoms with Gasteiger partial charge in [-0.2, -0.15) is 0 Å². The van der Waals surface area contributed by atoms with E-state index in [1.54, 1.807) is 6.92 Å². The van der Waals surface area contributed by atoms with Crippen molar-refractivity contribution in [2.45, 2.75) is 20.8 Å². The van der Waals surface area contributed by atoms with Crippen LogP contribution in [0.3, 0.4) is 0 Å². The predicted octanol–water partition coefficient (Wildman–Crippen LogP) is 4.37. The first-order chi connectivity index (χ1) is 10.2. The van der Waals surface area contributed by atoms with Crippen LogP contribution >= 0.6 is 0 Å². The van der Waals surface area contributed by atoms with Crippen LogP contribution in [0.5, 0.6) is 11.5 Å². The minimum atomic E-state index is 0.121. The zero-order valence-corrected chi connectivity index (χ0v) is 12.8. The van der Waals surface area contributed by atoms with Crippen LogP contribution in [0.2, 0.25) is 0 Å². The maximum absolute atomic E-state index is 10.6. The van der Waals surface area contributed by atoms with Gasteiger partial charge in [0.1, 0.15) is 11.5 Å². The fraction of sp³-hybridized carbons (Fsp3) is 0.278. The van der Waals surface area contributed by atoms with Crippen LogP contribution < -0.4 is 9.47 Å². The molecule has 0 spiro atoms. The summed E-state index contributed by atoms with van der Waals surface area (Å²) in [6, 6.07) is 16.9. The zero-order valence-electron chi connectivity index (χ0n) is 12.8. The van der Waals surface area contributed by atoms with Crippen molar-refractivity contribution >= 4 is 5.78 Å². The van der Waals surface area contributed by atoms with Gasteiger partial charge in [0.05, 0.1) is 13.2 Å². The summed E-state index contributed by atoms with van der Waals surface area (Å²) in [5.74, 6) is 1.90. The summed E-state index contributed by atoms with van der Waals surface area (Å²) in [4.78, 5) is 10.6. The average Bonchev–Trinajstić information content (AvgIpc) is 2.51. The fourth-order valence-electron chi connectivity index (χ4n) is 1.64. The van der Waals surface area contributed by atoms with Gasteiger partial charge < -0.3 is 9.47 Å². The SMILES string of the molecule is CC(=O)c1ccccc1.CCOc1ccc(OCC)cc1. The smallest absolute Gasteiger partial charge is 0.159 e. The van der Waals surface area contributed by atoms with Gasteiger partial charge in [0.15, 0.2) is 5.78 Å². The first kappa shape index (κ1) is 16.8. The first-order valence-corrected chi connectivity index (χ1v) is 7.09. The molecule has 0 fully saturated rings. The van der Waals surface area contributed by atoms with E-state index >= 15 is 0 Å². The van der Waals surface area contributed by atoms with E-state index in [0.29, 0.717) is 13.2 Å². The monoisotopic (exact) mass is 286 g/mol. The second-order valence-electron chi connectivity index (χ2n) is 4.26. The Morgan fingerprint density at radius 1 is 0.810 bits per heavy atom. The van der Waals surface area contributed by atoms with Crippen molar-refractivity contribution < 1.29 is 14.3 Å². The highest BCUT2D eigenvalue weighted by molar-refractivity contribution is 5.93. The third-order valence-corrected chi connectivity index (χ3v) is 2.63. The van der Waals surface area contributed by atoms with E-state index in [1.165, 1.54) is 0 Å². The van der Waals surface area contributed by atoms with Crippen LogP contribution in [-0.2, 0) is 0 Å². The van der Waals surface area contributed by atoms with E-state index in [2.05, 4.69) is 0 Å². The van der Waals surface area contributed by atoms with Crippen molar-refractivity contribution in [3.63, 3.8) is 0 Å². The van der Waals surface area contributed by atoms with Gasteiger partial charge in [-0.1, -0.05) is 30.3 Å². The van der Waals surface area contributed by atoms with Crippen molar-refractivity contribution in [3.8, 4) is 11.5 Å². The Morgan fingerprint density at radius 3 is 1.52 bits per heavy atom. The highest BCUT2D eigenvalue weighted by atomic mass is 16.5. The molecule has 0 bridgehead atoms. The third-order valence-electron chi connectivity index (χ3n) is 2.63. The molecule has 0 atom stereocenters. The highest BCUT2D eigenvalue weighted by Crippen LogP contribution is 2.17. The zero-order chi connectivity index (χ0) is 15.5. The molecular weight excluding hydrogens is 264 g/mol. The van der Waals surface area contributed by atoms with Gasteiger partial charge in [-0.05, 0) is 45.0 Å². The minimum Gasteiger partial charge on any atom is -0.494 e. The standard InChI is InChI=1S/C10H14O2.C8H8O/c1-3-11-9-5-7-10(8-6-9)12-4-2;1-7(9)8-5-3-2-4-6-8/h5-8H,3-4H2,1-2H3;2-6H,1H3. The van der Waals surface area contributed by atoms with Gasteiger partial charge >= 0.3 is 0 Å². The molecule has 112 valence electrons. The Morgan fingerprint density at radius 2 is 1.24 bits per heavy atom. The Balaban J connectivity index is 0.000000219. The molecule has 0 aliphatic heterocycles. The van der Waals surface area contributed by atoms with E-state index < -0.39 is 0 Å². The molecule has 0 unspecified atom stereocenters. The van der Waals surface area contributed by atoms with Crippen LogP contribution in [0, 0.1) is 0 Å². The van der Waals surface area contributed by atoms with Crippen LogP contribution in [-0.4, -0.2) is 19.0 Å². The van der Waals surface area contributed by atoms with E-state index in [1.807, 2.05) is 68.4 Å². The molecule has 21 heavy (non-hydrogen) atoms. The normalized spacial score (nSPS) is 9.29. The van der Waals surface area contributed by atoms with Gasteiger partial charge in [0.2, 0.25) is 0 Å². The Bertz CT molecular complexity index is 493. The summed E-state index contributed by atoms with van der Waals surface area (Å²) < 4.78 is 10.6. The summed E-state index contributed by atoms with van der Waals surface area (Å²) in [7, 11) is 0. The van der Waals surface area contributed by atoms with E-state index in [-0.39, 0.29) is 5.78 Å². The number of hydrogen-bond donors (Lipinski definition) is 0. The van der Waals surface area contributed by atoms with Crippen LogP contribution in [0.25, 0.3) is 0 Å². The Labute approximate surface area is 126 Å². The Kier molecular flexibility index (Phi) is 7.65. The lowest BCUT2D eigenvalue weighted by Crippen LogP contribution is -1.93. The van der Waals surface area contributed by atoms with Crippen LogP contribution in [0.1, 0.15) is 31.1 Å². The highest BCUT2D eigenvalue weighted by Gasteiger charge is 1.93. The fourth-order valence-corrected chi connectivity index (χ4v) is 1.64. The van der Waals surface area contributed by atoms with Gasteiger partial charge in [0, 0.05) is 5.56 Å². The lowest BCUT2D eigenvalue weighted by Gasteiger charge is -2.04. The van der Waals surface area contributed by atoms with E-state index in [4.69, 9.17) is 9.47 Å². The van der Waals surface area contributed by atoms with Crippen LogP contribution in [0.15, 0.2) is 54.6 Å². The molecule has 0 amide bonds. The molecule has 2 rings (SSSR count). The number of hydrogen-bond acceptors (Lipinski definition) is 3. The second-order valence-corrected chi connectivity index (χ2v) is 4.26. The third kappa shape index (κ3) is 6.61. The molecule has 0 N–H and O–H groups in total. The number of rotatable bonds is 5. The molecule has 0 radical (unpaired) electrons. The summed E-state index contributed by atoms with van der Waals surface area (Å²) in [6.07, 6.45) is 0. The molecule has 3 nitrogen and oxygen atoms in total. The van der Waals surface area contributed by atoms with E-state index in [9.17, 15) is 4.79 Å².